The highest BCUT2D eigenvalue weighted by Crippen LogP contribution is 2.24. The lowest BCUT2D eigenvalue weighted by Gasteiger charge is -2.10. The largest absolute Gasteiger partial charge is 0.493 e. The van der Waals surface area contributed by atoms with E-state index < -0.39 is 0 Å². The normalized spacial score (nSPS) is 10.7. The van der Waals surface area contributed by atoms with Crippen LogP contribution in [0.1, 0.15) is 27.2 Å². The van der Waals surface area contributed by atoms with E-state index in [-0.39, 0.29) is 18.2 Å². The molecule has 0 atom stereocenters. The number of ether oxygens (including phenoxy) is 2. The maximum absolute atomic E-state index is 13.2. The van der Waals surface area contributed by atoms with Crippen LogP contribution in [0, 0.1) is 0 Å². The zero-order valence-corrected chi connectivity index (χ0v) is 18.8. The fourth-order valence-electron chi connectivity index (χ4n) is 3.58. The van der Waals surface area contributed by atoms with Crippen LogP contribution in [-0.2, 0) is 22.4 Å². The molecule has 0 amide bonds. The van der Waals surface area contributed by atoms with Crippen LogP contribution < -0.4 is 4.74 Å². The summed E-state index contributed by atoms with van der Waals surface area (Å²) >= 11 is 5.91. The van der Waals surface area contributed by atoms with Gasteiger partial charge >= 0.3 is 5.97 Å². The Kier molecular flexibility index (Phi) is 7.01. The van der Waals surface area contributed by atoms with Crippen LogP contribution >= 0.6 is 11.6 Å². The molecule has 4 rings (SSSR count). The Labute approximate surface area is 196 Å². The van der Waals surface area contributed by atoms with Gasteiger partial charge in [0.15, 0.2) is 0 Å². The van der Waals surface area contributed by atoms with Crippen LogP contribution in [0.15, 0.2) is 79.0 Å². The van der Waals surface area contributed by atoms with Crippen molar-refractivity contribution in [3.05, 3.63) is 106 Å². The molecular formula is C27H22ClNO4. The van der Waals surface area contributed by atoms with E-state index in [0.29, 0.717) is 34.0 Å². The molecule has 3 aromatic carbocycles. The van der Waals surface area contributed by atoms with E-state index in [1.54, 1.807) is 30.5 Å². The smallest absolute Gasteiger partial charge is 0.310 e. The maximum atomic E-state index is 13.2. The highest BCUT2D eigenvalue weighted by molar-refractivity contribution is 6.30. The summed E-state index contributed by atoms with van der Waals surface area (Å²) in [6, 6.07) is 22.1. The minimum atomic E-state index is -0.354. The summed E-state index contributed by atoms with van der Waals surface area (Å²) in [6.45, 7) is 0.517. The van der Waals surface area contributed by atoms with Gasteiger partial charge in [0.05, 0.1) is 20.1 Å². The Bertz CT molecular complexity index is 1280. The standard InChI is InChI=1S/C27H22ClNO4/c1-32-25(30)16-20-17-29-26(24-5-3-2-4-23(20)24)27(31)19-8-12-22(13-9-19)33-15-14-18-6-10-21(28)11-7-18/h2-13,17H,14-16H2,1H3. The monoisotopic (exact) mass is 459 g/mol. The molecule has 0 N–H and O–H groups in total. The molecule has 166 valence electrons. The van der Waals surface area contributed by atoms with Crippen molar-refractivity contribution < 1.29 is 19.1 Å². The molecule has 0 spiro atoms. The number of carbonyl (C=O) groups is 2. The molecule has 0 saturated heterocycles. The third-order valence-corrected chi connectivity index (χ3v) is 5.60. The van der Waals surface area contributed by atoms with Gasteiger partial charge in [0, 0.05) is 28.6 Å². The van der Waals surface area contributed by atoms with Crippen molar-refractivity contribution in [2.75, 3.05) is 13.7 Å². The number of halogens is 1. The number of aromatic nitrogens is 1. The average molecular weight is 460 g/mol. The lowest BCUT2D eigenvalue weighted by Crippen LogP contribution is -2.09. The van der Waals surface area contributed by atoms with Crippen molar-refractivity contribution in [2.45, 2.75) is 12.8 Å². The van der Waals surface area contributed by atoms with Gasteiger partial charge in [0.2, 0.25) is 5.78 Å². The summed E-state index contributed by atoms with van der Waals surface area (Å²) in [5.41, 5.74) is 2.72. The number of esters is 1. The molecule has 0 saturated carbocycles. The van der Waals surface area contributed by atoms with Gasteiger partial charge in [-0.05, 0) is 52.9 Å². The van der Waals surface area contributed by atoms with Gasteiger partial charge in [0.25, 0.3) is 0 Å². The molecule has 1 heterocycles. The number of hydrogen-bond acceptors (Lipinski definition) is 5. The Morgan fingerprint density at radius 3 is 2.30 bits per heavy atom. The Hall–Kier alpha value is -3.70. The van der Waals surface area contributed by atoms with E-state index in [2.05, 4.69) is 4.98 Å². The summed E-state index contributed by atoms with van der Waals surface area (Å²) in [6.07, 6.45) is 2.42. The molecule has 6 heteroatoms. The zero-order chi connectivity index (χ0) is 23.2. The molecule has 0 bridgehead atoms. The van der Waals surface area contributed by atoms with Gasteiger partial charge in [-0.2, -0.15) is 0 Å². The van der Waals surface area contributed by atoms with Gasteiger partial charge in [-0.1, -0.05) is 48.0 Å². The fourth-order valence-corrected chi connectivity index (χ4v) is 3.70. The first-order valence-electron chi connectivity index (χ1n) is 10.5. The van der Waals surface area contributed by atoms with Gasteiger partial charge in [-0.15, -0.1) is 0 Å². The van der Waals surface area contributed by atoms with E-state index in [1.807, 2.05) is 48.5 Å². The molecular weight excluding hydrogens is 438 g/mol. The van der Waals surface area contributed by atoms with Crippen LogP contribution in [-0.4, -0.2) is 30.5 Å². The Balaban J connectivity index is 1.48. The minimum Gasteiger partial charge on any atom is -0.493 e. The predicted octanol–water partition coefficient (Wildman–Crippen LogP) is 5.46. The zero-order valence-electron chi connectivity index (χ0n) is 18.1. The molecule has 0 unspecified atom stereocenters. The molecule has 33 heavy (non-hydrogen) atoms. The van der Waals surface area contributed by atoms with Crippen molar-refractivity contribution in [1.29, 1.82) is 0 Å². The molecule has 0 radical (unpaired) electrons. The molecule has 5 nitrogen and oxygen atoms in total. The van der Waals surface area contributed by atoms with Gasteiger partial charge in [-0.3, -0.25) is 14.6 Å². The number of methoxy groups -OCH3 is 1. The van der Waals surface area contributed by atoms with E-state index in [0.717, 1.165) is 22.9 Å². The van der Waals surface area contributed by atoms with Gasteiger partial charge < -0.3 is 9.47 Å². The second kappa shape index (κ2) is 10.3. The first-order valence-corrected chi connectivity index (χ1v) is 10.9. The SMILES string of the molecule is COC(=O)Cc1cnc(C(=O)c2ccc(OCCc3ccc(Cl)cc3)cc2)c2ccccc12. The first kappa shape index (κ1) is 22.5. The van der Waals surface area contributed by atoms with Crippen molar-refractivity contribution in [3.63, 3.8) is 0 Å². The van der Waals surface area contributed by atoms with E-state index >= 15 is 0 Å². The van der Waals surface area contributed by atoms with E-state index in [9.17, 15) is 9.59 Å². The molecule has 1 aromatic heterocycles. The second-order valence-corrected chi connectivity index (χ2v) is 7.95. The highest BCUT2D eigenvalue weighted by Gasteiger charge is 2.17. The topological polar surface area (TPSA) is 65.5 Å². The molecule has 0 aliphatic carbocycles. The van der Waals surface area contributed by atoms with E-state index in [1.165, 1.54) is 7.11 Å². The molecule has 0 fully saturated rings. The number of fused-ring (bicyclic) bond motifs is 1. The lowest BCUT2D eigenvalue weighted by molar-refractivity contribution is -0.139. The van der Waals surface area contributed by atoms with Crippen molar-refractivity contribution in [2.24, 2.45) is 0 Å². The number of benzene rings is 3. The minimum absolute atomic E-state index is 0.0978. The highest BCUT2D eigenvalue weighted by atomic mass is 35.5. The van der Waals surface area contributed by atoms with Gasteiger partial charge in [-0.25, -0.2) is 0 Å². The van der Waals surface area contributed by atoms with Crippen molar-refractivity contribution in [3.8, 4) is 5.75 Å². The van der Waals surface area contributed by atoms with Crippen LogP contribution in [0.4, 0.5) is 0 Å². The van der Waals surface area contributed by atoms with Crippen LogP contribution in [0.5, 0.6) is 5.75 Å². The maximum Gasteiger partial charge on any atom is 0.310 e. The molecule has 0 aliphatic heterocycles. The van der Waals surface area contributed by atoms with Crippen molar-refractivity contribution in [1.82, 2.24) is 4.98 Å². The number of rotatable bonds is 8. The second-order valence-electron chi connectivity index (χ2n) is 7.51. The predicted molar refractivity (Wildman–Crippen MR) is 128 cm³/mol. The summed E-state index contributed by atoms with van der Waals surface area (Å²) in [4.78, 5) is 29.3. The Morgan fingerprint density at radius 2 is 1.61 bits per heavy atom. The van der Waals surface area contributed by atoms with Gasteiger partial charge in [0.1, 0.15) is 11.4 Å². The van der Waals surface area contributed by atoms with E-state index in [4.69, 9.17) is 21.1 Å². The summed E-state index contributed by atoms with van der Waals surface area (Å²) in [7, 11) is 1.35. The fraction of sp³-hybridized carbons (Fsp3) is 0.148. The quantitative estimate of drug-likeness (QED) is 0.259. The third kappa shape index (κ3) is 5.38. The Morgan fingerprint density at radius 1 is 0.909 bits per heavy atom. The van der Waals surface area contributed by atoms with Crippen LogP contribution in [0.2, 0.25) is 5.02 Å². The van der Waals surface area contributed by atoms with Crippen molar-refractivity contribution >= 4 is 34.1 Å². The summed E-state index contributed by atoms with van der Waals surface area (Å²) in [5, 5.41) is 2.22. The molecule has 0 aliphatic rings. The number of pyridine rings is 1. The number of carbonyl (C=O) groups excluding carboxylic acids is 2. The number of nitrogens with zero attached hydrogens (tertiary/aromatic N) is 1. The lowest BCUT2D eigenvalue weighted by atomic mass is 9.98. The average Bonchev–Trinajstić information content (AvgIpc) is 2.85. The number of ketones is 1. The number of hydrogen-bond donors (Lipinski definition) is 0. The summed E-state index contributed by atoms with van der Waals surface area (Å²) in [5.74, 6) is 0.142. The summed E-state index contributed by atoms with van der Waals surface area (Å²) < 4.78 is 10.6. The molecule has 4 aromatic rings. The van der Waals surface area contributed by atoms with Crippen LogP contribution in [0.3, 0.4) is 0 Å². The van der Waals surface area contributed by atoms with Crippen LogP contribution in [0.25, 0.3) is 10.8 Å². The third-order valence-electron chi connectivity index (χ3n) is 5.34. The first-order chi connectivity index (χ1) is 16.0.